The molecule has 0 amide bonds. The van der Waals surface area contributed by atoms with E-state index in [-0.39, 0.29) is 22.2 Å². The van der Waals surface area contributed by atoms with Crippen LogP contribution in [0.2, 0.25) is 0 Å². The molecule has 0 rings (SSSR count). The van der Waals surface area contributed by atoms with E-state index >= 15 is 0 Å². The van der Waals surface area contributed by atoms with Crippen molar-refractivity contribution in [1.29, 1.82) is 0 Å². The molecule has 1 radical (unpaired) electrons. The summed E-state index contributed by atoms with van der Waals surface area (Å²) in [5.74, 6) is 0. The first-order valence-electron chi connectivity index (χ1n) is 0.932. The molecule has 5 heteroatoms. The molecule has 3 N–H and O–H groups in total. The van der Waals surface area contributed by atoms with Crippen LogP contribution in [0.4, 0.5) is 0 Å². The van der Waals surface area contributed by atoms with Gasteiger partial charge >= 0.3 is 0 Å². The largest absolute Gasteiger partial charge is 0.375 e. The van der Waals surface area contributed by atoms with Crippen molar-refractivity contribution in [2.24, 2.45) is 5.73 Å². The SMILES string of the molecule is NC(=S)NCl.[Cu]. The van der Waals surface area contributed by atoms with Crippen molar-refractivity contribution in [3.63, 3.8) is 0 Å². The van der Waals surface area contributed by atoms with Gasteiger partial charge in [0.15, 0.2) is 5.11 Å². The molecule has 0 aliphatic carbocycles. The van der Waals surface area contributed by atoms with Gasteiger partial charge in [-0.05, 0) is 12.2 Å². The Bertz CT molecular complexity index is 48.8. The van der Waals surface area contributed by atoms with Gasteiger partial charge in [-0.25, -0.2) is 0 Å². The van der Waals surface area contributed by atoms with Gasteiger partial charge in [0, 0.05) is 28.8 Å². The van der Waals surface area contributed by atoms with Crippen LogP contribution in [-0.2, 0) is 17.1 Å². The van der Waals surface area contributed by atoms with Crippen LogP contribution in [-0.4, -0.2) is 5.11 Å². The van der Waals surface area contributed by atoms with Gasteiger partial charge in [0.25, 0.3) is 0 Å². The molecular weight excluding hydrogens is 171 g/mol. The van der Waals surface area contributed by atoms with Gasteiger partial charge in [0.1, 0.15) is 0 Å². The van der Waals surface area contributed by atoms with Gasteiger partial charge in [0.2, 0.25) is 0 Å². The molecule has 0 aliphatic heterocycles. The van der Waals surface area contributed by atoms with Crippen molar-refractivity contribution in [3.05, 3.63) is 0 Å². The zero-order chi connectivity index (χ0) is 4.28. The number of nitrogens with two attached hydrogens (primary N) is 1. The van der Waals surface area contributed by atoms with Gasteiger partial charge in [0.05, 0.1) is 0 Å². The van der Waals surface area contributed by atoms with E-state index in [9.17, 15) is 0 Å². The minimum atomic E-state index is 0. The normalized spacial score (nSPS) is 5.50. The van der Waals surface area contributed by atoms with Crippen molar-refractivity contribution in [2.75, 3.05) is 0 Å². The number of nitrogens with one attached hydrogen (secondary N) is 1. The van der Waals surface area contributed by atoms with E-state index in [2.05, 4.69) is 12.2 Å². The number of thiocarbonyl (C=S) groups is 1. The monoisotopic (exact) mass is 173 g/mol. The summed E-state index contributed by atoms with van der Waals surface area (Å²) in [6.07, 6.45) is 0. The van der Waals surface area contributed by atoms with Crippen molar-refractivity contribution in [3.8, 4) is 0 Å². The van der Waals surface area contributed by atoms with Crippen molar-refractivity contribution < 1.29 is 17.1 Å². The maximum absolute atomic E-state index is 4.82. The van der Waals surface area contributed by atoms with Gasteiger partial charge in [-0.2, -0.15) is 0 Å². The van der Waals surface area contributed by atoms with Crippen LogP contribution in [0.1, 0.15) is 0 Å². The first-order valence-corrected chi connectivity index (χ1v) is 1.72. The average Bonchev–Trinajstić information content (AvgIpc) is 1.38. The molecule has 0 atom stereocenters. The van der Waals surface area contributed by atoms with E-state index in [4.69, 9.17) is 17.5 Å². The molecular formula is CH3ClCuN2S. The Balaban J connectivity index is 0. The number of hydrogen-bond donors (Lipinski definition) is 2. The van der Waals surface area contributed by atoms with E-state index < -0.39 is 0 Å². The molecule has 0 spiro atoms. The Labute approximate surface area is 57.0 Å². The van der Waals surface area contributed by atoms with Crippen molar-refractivity contribution in [1.82, 2.24) is 4.84 Å². The second-order valence-electron chi connectivity index (χ2n) is 0.459. The van der Waals surface area contributed by atoms with E-state index in [1.165, 1.54) is 0 Å². The average molecular weight is 174 g/mol. The van der Waals surface area contributed by atoms with Gasteiger partial charge in [-0.15, -0.1) is 0 Å². The maximum Gasteiger partial charge on any atom is 0.178 e. The van der Waals surface area contributed by atoms with Crippen LogP contribution in [0.3, 0.4) is 0 Å². The molecule has 6 heavy (non-hydrogen) atoms. The minimum Gasteiger partial charge on any atom is -0.375 e. The molecule has 0 aromatic rings. The Morgan fingerprint density at radius 2 is 2.00 bits per heavy atom. The fraction of sp³-hybridized carbons (Fsp3) is 0. The smallest absolute Gasteiger partial charge is 0.178 e. The summed E-state index contributed by atoms with van der Waals surface area (Å²) in [5, 5.41) is 0.103. The second-order valence-corrected chi connectivity index (χ2v) is 1.09. The Morgan fingerprint density at radius 1 is 1.83 bits per heavy atom. The summed E-state index contributed by atoms with van der Waals surface area (Å²) in [5.41, 5.74) is 4.78. The topological polar surface area (TPSA) is 38.0 Å². The van der Waals surface area contributed by atoms with Gasteiger partial charge in [-0.1, -0.05) is 0 Å². The predicted octanol–water partition coefficient (Wildman–Crippen LogP) is -0.0291. The first kappa shape index (κ1) is 9.71. The molecule has 0 heterocycles. The molecule has 0 unspecified atom stereocenters. The summed E-state index contributed by atoms with van der Waals surface area (Å²) in [6, 6.07) is 0. The van der Waals surface area contributed by atoms with Crippen molar-refractivity contribution >= 4 is 29.1 Å². The third-order valence-corrected chi connectivity index (χ3v) is 0.511. The van der Waals surface area contributed by atoms with Crippen LogP contribution in [0.25, 0.3) is 0 Å². The Hall–Kier alpha value is 0.499. The fourth-order valence-electron chi connectivity index (χ4n) is 0. The van der Waals surface area contributed by atoms with Crippen LogP contribution in [0.15, 0.2) is 0 Å². The number of hydrogen-bond acceptors (Lipinski definition) is 1. The molecule has 0 saturated carbocycles. The molecule has 41 valence electrons. The molecule has 0 aromatic heterocycles. The van der Waals surface area contributed by atoms with Crippen LogP contribution in [0, 0.1) is 0 Å². The zero-order valence-electron chi connectivity index (χ0n) is 2.67. The summed E-state index contributed by atoms with van der Waals surface area (Å²) < 4.78 is 0. The standard InChI is InChI=1S/CH3ClN2S.Cu/c2-4-1(3)5;/h(H3,3,4,5);. The van der Waals surface area contributed by atoms with Gasteiger partial charge < -0.3 is 5.73 Å². The molecule has 0 saturated heterocycles. The molecule has 2 nitrogen and oxygen atoms in total. The summed E-state index contributed by atoms with van der Waals surface area (Å²) in [6.45, 7) is 0. The van der Waals surface area contributed by atoms with E-state index in [1.807, 2.05) is 4.84 Å². The van der Waals surface area contributed by atoms with Crippen LogP contribution < -0.4 is 10.6 Å². The number of halogens is 1. The summed E-state index contributed by atoms with van der Waals surface area (Å²) >= 11 is 9.05. The third-order valence-electron chi connectivity index (χ3n) is 0.0931. The molecule has 0 aromatic carbocycles. The van der Waals surface area contributed by atoms with E-state index in [1.54, 1.807) is 0 Å². The Kier molecular flexibility index (Phi) is 8.90. The third kappa shape index (κ3) is 8.82. The molecule has 0 bridgehead atoms. The molecule has 0 fully saturated rings. The van der Waals surface area contributed by atoms with E-state index in [0.29, 0.717) is 0 Å². The zero-order valence-corrected chi connectivity index (χ0v) is 5.18. The van der Waals surface area contributed by atoms with E-state index in [0.717, 1.165) is 0 Å². The maximum atomic E-state index is 4.82. The first-order chi connectivity index (χ1) is 2.27. The van der Waals surface area contributed by atoms with Crippen LogP contribution >= 0.6 is 24.0 Å². The summed E-state index contributed by atoms with van der Waals surface area (Å²) in [4.78, 5) is 2.01. The quantitative estimate of drug-likeness (QED) is 0.307. The molecule has 0 aliphatic rings. The Morgan fingerprint density at radius 3 is 2.00 bits per heavy atom. The second kappa shape index (κ2) is 5.50. The summed E-state index contributed by atoms with van der Waals surface area (Å²) in [7, 11) is 0. The fourth-order valence-corrected chi connectivity index (χ4v) is 0. The number of rotatable bonds is 0. The minimum absolute atomic E-state index is 0. The van der Waals surface area contributed by atoms with Gasteiger partial charge in [-0.3, -0.25) is 4.84 Å². The van der Waals surface area contributed by atoms with Crippen LogP contribution in [0.5, 0.6) is 0 Å². The van der Waals surface area contributed by atoms with Crippen molar-refractivity contribution in [2.45, 2.75) is 0 Å². The predicted molar refractivity (Wildman–Crippen MR) is 25.8 cm³/mol.